The average Bonchev–Trinajstić information content (AvgIpc) is 2.58. The first kappa shape index (κ1) is 12.2. The third kappa shape index (κ3) is 2.70. The van der Waals surface area contributed by atoms with Gasteiger partial charge >= 0.3 is 0 Å². The van der Waals surface area contributed by atoms with Gasteiger partial charge in [0.15, 0.2) is 11.4 Å². The van der Waals surface area contributed by atoms with E-state index in [1.165, 1.54) is 11.3 Å². The molecule has 1 heterocycles. The lowest BCUT2D eigenvalue weighted by Gasteiger charge is -2.19. The first-order valence-corrected chi connectivity index (χ1v) is 6.29. The Hall–Kier alpha value is -0.260. The molecule has 0 saturated carbocycles. The molecule has 0 unspecified atom stereocenters. The third-order valence-corrected chi connectivity index (χ3v) is 3.45. The van der Waals surface area contributed by atoms with E-state index in [9.17, 15) is 5.11 Å². The van der Waals surface area contributed by atoms with Crippen molar-refractivity contribution >= 4 is 61.5 Å². The summed E-state index contributed by atoms with van der Waals surface area (Å²) in [5.74, 6) is 0. The molecule has 2 aromatic rings. The molecule has 1 aromatic carbocycles. The van der Waals surface area contributed by atoms with Crippen molar-refractivity contribution in [3.63, 3.8) is 0 Å². The molecular formula is C9H7Cl3N2OS. The summed E-state index contributed by atoms with van der Waals surface area (Å²) in [5, 5.41) is 12.7. The normalized spacial score (nSPS) is 14.0. The van der Waals surface area contributed by atoms with Gasteiger partial charge in [-0.05, 0) is 12.1 Å². The Bertz CT molecular complexity index is 464. The maximum absolute atomic E-state index is 9.52. The second-order valence-corrected chi connectivity index (χ2v) is 6.47. The zero-order valence-corrected chi connectivity index (χ0v) is 10.9. The van der Waals surface area contributed by atoms with Crippen molar-refractivity contribution in [1.29, 1.82) is 0 Å². The fourth-order valence-corrected chi connectivity index (χ4v) is 2.18. The van der Waals surface area contributed by atoms with Crippen molar-refractivity contribution in [2.75, 3.05) is 5.32 Å². The van der Waals surface area contributed by atoms with E-state index < -0.39 is 10.0 Å². The molecule has 0 fully saturated rings. The number of rotatable bonds is 2. The Morgan fingerprint density at radius 1 is 1.31 bits per heavy atom. The Labute approximate surface area is 111 Å². The van der Waals surface area contributed by atoms with Gasteiger partial charge in [-0.15, -0.1) is 0 Å². The van der Waals surface area contributed by atoms with Gasteiger partial charge in [0.1, 0.15) is 0 Å². The lowest BCUT2D eigenvalue weighted by molar-refractivity contribution is 0.208. The van der Waals surface area contributed by atoms with Gasteiger partial charge in [0.2, 0.25) is 3.79 Å². The highest BCUT2D eigenvalue weighted by Crippen LogP contribution is 2.33. The summed E-state index contributed by atoms with van der Waals surface area (Å²) in [6.45, 7) is 0. The van der Waals surface area contributed by atoms with E-state index in [-0.39, 0.29) is 0 Å². The Morgan fingerprint density at radius 3 is 2.62 bits per heavy atom. The molecule has 2 rings (SSSR count). The van der Waals surface area contributed by atoms with Crippen LogP contribution in [0.1, 0.15) is 0 Å². The summed E-state index contributed by atoms with van der Waals surface area (Å²) in [6.07, 6.45) is -1.29. The van der Waals surface area contributed by atoms with Crippen LogP contribution in [0, 0.1) is 0 Å². The predicted molar refractivity (Wildman–Crippen MR) is 69.5 cm³/mol. The number of nitrogens with zero attached hydrogens (tertiary/aromatic N) is 1. The Kier molecular flexibility index (Phi) is 3.47. The maximum atomic E-state index is 9.52. The Balaban J connectivity index is 2.22. The van der Waals surface area contributed by atoms with E-state index in [4.69, 9.17) is 34.8 Å². The smallest absolute Gasteiger partial charge is 0.234 e. The van der Waals surface area contributed by atoms with Gasteiger partial charge in [-0.25, -0.2) is 4.98 Å². The van der Waals surface area contributed by atoms with Crippen LogP contribution in [0.4, 0.5) is 5.13 Å². The average molecular weight is 298 g/mol. The fourth-order valence-electron chi connectivity index (χ4n) is 1.13. The van der Waals surface area contributed by atoms with Crippen molar-refractivity contribution in [3.05, 3.63) is 24.3 Å². The molecule has 0 spiro atoms. The van der Waals surface area contributed by atoms with E-state index in [2.05, 4.69) is 10.3 Å². The molecule has 1 atom stereocenters. The molecule has 0 saturated heterocycles. The largest absolute Gasteiger partial charge is 0.369 e. The monoisotopic (exact) mass is 296 g/mol. The Morgan fingerprint density at radius 2 is 2.00 bits per heavy atom. The number of para-hydroxylation sites is 1. The van der Waals surface area contributed by atoms with Crippen LogP contribution in [-0.4, -0.2) is 20.1 Å². The topological polar surface area (TPSA) is 45.1 Å². The number of hydrogen-bond acceptors (Lipinski definition) is 4. The number of alkyl halides is 3. The highest BCUT2D eigenvalue weighted by atomic mass is 35.6. The lowest BCUT2D eigenvalue weighted by Crippen LogP contribution is -2.33. The SMILES string of the molecule is O[C@@H](Nc1nc2ccccc2s1)C(Cl)(Cl)Cl. The molecule has 16 heavy (non-hydrogen) atoms. The molecule has 0 radical (unpaired) electrons. The quantitative estimate of drug-likeness (QED) is 0.659. The molecule has 0 bridgehead atoms. The molecule has 0 aliphatic carbocycles. The number of nitrogens with one attached hydrogen (secondary N) is 1. The number of thiazole rings is 1. The van der Waals surface area contributed by atoms with Crippen LogP contribution in [0.3, 0.4) is 0 Å². The molecule has 3 nitrogen and oxygen atoms in total. The molecular weight excluding hydrogens is 291 g/mol. The zero-order chi connectivity index (χ0) is 11.8. The minimum Gasteiger partial charge on any atom is -0.369 e. The molecule has 2 N–H and O–H groups in total. The van der Waals surface area contributed by atoms with Crippen molar-refractivity contribution in [1.82, 2.24) is 4.98 Å². The van der Waals surface area contributed by atoms with Crippen LogP contribution >= 0.6 is 46.1 Å². The standard InChI is InChI=1S/C9H7Cl3N2OS/c10-9(11,12)7(15)14-8-13-5-3-1-2-4-6(5)16-8/h1-4,7,15H,(H,13,14)/t7-/m1/s1. The van der Waals surface area contributed by atoms with Crippen LogP contribution < -0.4 is 5.32 Å². The number of aliphatic hydroxyl groups excluding tert-OH is 1. The molecule has 7 heteroatoms. The van der Waals surface area contributed by atoms with Gasteiger partial charge in [0.05, 0.1) is 10.2 Å². The molecule has 86 valence electrons. The number of hydrogen-bond donors (Lipinski definition) is 2. The maximum Gasteiger partial charge on any atom is 0.234 e. The lowest BCUT2D eigenvalue weighted by atomic mass is 10.3. The van der Waals surface area contributed by atoms with Crippen LogP contribution in [0.5, 0.6) is 0 Å². The summed E-state index contributed by atoms with van der Waals surface area (Å²) in [4.78, 5) is 4.24. The minimum atomic E-state index is -1.78. The van der Waals surface area contributed by atoms with Gasteiger partial charge in [-0.2, -0.15) is 0 Å². The van der Waals surface area contributed by atoms with E-state index in [0.29, 0.717) is 5.13 Å². The van der Waals surface area contributed by atoms with E-state index in [1.54, 1.807) is 0 Å². The van der Waals surface area contributed by atoms with Crippen LogP contribution in [0.25, 0.3) is 10.2 Å². The van der Waals surface area contributed by atoms with Gasteiger partial charge in [-0.1, -0.05) is 58.3 Å². The van der Waals surface area contributed by atoms with Gasteiger partial charge < -0.3 is 10.4 Å². The minimum absolute atomic E-state index is 0.514. The second kappa shape index (κ2) is 4.55. The van der Waals surface area contributed by atoms with Crippen LogP contribution in [0.15, 0.2) is 24.3 Å². The number of anilines is 1. The summed E-state index contributed by atoms with van der Waals surface area (Å²) < 4.78 is -0.779. The third-order valence-electron chi connectivity index (χ3n) is 1.86. The zero-order valence-electron chi connectivity index (χ0n) is 7.82. The number of fused-ring (bicyclic) bond motifs is 1. The molecule has 0 amide bonds. The molecule has 0 aliphatic heterocycles. The van der Waals surface area contributed by atoms with Crippen molar-refractivity contribution < 1.29 is 5.11 Å². The summed E-state index contributed by atoms with van der Waals surface area (Å²) in [6, 6.07) is 7.60. The first-order chi connectivity index (χ1) is 7.47. The number of halogens is 3. The van der Waals surface area contributed by atoms with Crippen molar-refractivity contribution in [2.45, 2.75) is 10.0 Å². The first-order valence-electron chi connectivity index (χ1n) is 4.34. The fraction of sp³-hybridized carbons (Fsp3) is 0.222. The van der Waals surface area contributed by atoms with E-state index in [0.717, 1.165) is 10.2 Å². The van der Waals surface area contributed by atoms with Crippen molar-refractivity contribution in [3.8, 4) is 0 Å². The predicted octanol–water partition coefficient (Wildman–Crippen LogP) is 3.40. The summed E-state index contributed by atoms with van der Waals surface area (Å²) >= 11 is 18.0. The second-order valence-electron chi connectivity index (χ2n) is 3.08. The van der Waals surface area contributed by atoms with E-state index in [1.807, 2.05) is 24.3 Å². The van der Waals surface area contributed by atoms with Gasteiger partial charge in [0.25, 0.3) is 0 Å². The summed E-state index contributed by atoms with van der Waals surface area (Å²) in [5.41, 5.74) is 0.839. The van der Waals surface area contributed by atoms with Gasteiger partial charge in [-0.3, -0.25) is 0 Å². The molecule has 1 aromatic heterocycles. The van der Waals surface area contributed by atoms with Crippen LogP contribution in [-0.2, 0) is 0 Å². The number of benzene rings is 1. The van der Waals surface area contributed by atoms with Gasteiger partial charge in [0, 0.05) is 0 Å². The van der Waals surface area contributed by atoms with Crippen molar-refractivity contribution in [2.24, 2.45) is 0 Å². The number of aliphatic hydroxyl groups is 1. The highest BCUT2D eigenvalue weighted by Gasteiger charge is 2.31. The number of aromatic nitrogens is 1. The van der Waals surface area contributed by atoms with E-state index >= 15 is 0 Å². The molecule has 0 aliphatic rings. The summed E-state index contributed by atoms with van der Waals surface area (Å²) in [7, 11) is 0. The highest BCUT2D eigenvalue weighted by molar-refractivity contribution is 7.22. The van der Waals surface area contributed by atoms with Crippen LogP contribution in [0.2, 0.25) is 0 Å².